The summed E-state index contributed by atoms with van der Waals surface area (Å²) in [6.45, 7) is -3.27. The maximum absolute atomic E-state index is 12.1. The van der Waals surface area contributed by atoms with Gasteiger partial charge in [-0.2, -0.15) is 5.10 Å². The van der Waals surface area contributed by atoms with Crippen molar-refractivity contribution in [3.8, 4) is 0 Å². The van der Waals surface area contributed by atoms with Crippen LogP contribution in [0, 0.1) is 6.92 Å². The van der Waals surface area contributed by atoms with Crippen molar-refractivity contribution < 1.29 is 64.3 Å². The van der Waals surface area contributed by atoms with E-state index in [1.165, 1.54) is 11.7 Å². The second-order valence-electron chi connectivity index (χ2n) is 2.88. The van der Waals surface area contributed by atoms with E-state index in [1.807, 2.05) is 0 Å². The number of hydrogen-bond donors (Lipinski definition) is 0. The van der Waals surface area contributed by atoms with Crippen LogP contribution in [-0.4, -0.2) is 16.8 Å². The van der Waals surface area contributed by atoms with E-state index < -0.39 is 13.3 Å². The van der Waals surface area contributed by atoms with Crippen LogP contribution in [0.3, 0.4) is 0 Å². The minimum Gasteiger partial charge on any atom is -0.449 e. The molecule has 0 atom stereocenters. The Labute approximate surface area is 128 Å². The minimum atomic E-state index is -4.85. The normalized spacial score (nSPS) is 11.3. The molecule has 0 spiro atoms. The Morgan fingerprint density at radius 3 is 2.21 bits per heavy atom. The summed E-state index contributed by atoms with van der Waals surface area (Å²) in [5.41, 5.74) is 0.464. The molecule has 0 aliphatic rings. The van der Waals surface area contributed by atoms with Gasteiger partial charge in [0.1, 0.15) is 0 Å². The van der Waals surface area contributed by atoms with Gasteiger partial charge in [-0.3, -0.25) is 4.68 Å². The van der Waals surface area contributed by atoms with Gasteiger partial charge >= 0.3 is 58.4 Å². The van der Waals surface area contributed by atoms with Gasteiger partial charge in [0, 0.05) is 12.7 Å². The minimum absolute atomic E-state index is 0. The summed E-state index contributed by atoms with van der Waals surface area (Å²) in [7, 11) is 1.45. The van der Waals surface area contributed by atoms with Crippen molar-refractivity contribution in [2.24, 2.45) is 7.05 Å². The van der Waals surface area contributed by atoms with Crippen LogP contribution in [0.4, 0.5) is 12.9 Å². The Morgan fingerprint density at radius 2 is 1.93 bits per heavy atom. The summed E-state index contributed by atoms with van der Waals surface area (Å²) < 4.78 is 37.4. The van der Waals surface area contributed by atoms with Gasteiger partial charge in [-0.25, -0.2) is 0 Å². The van der Waals surface area contributed by atoms with Crippen LogP contribution in [-0.2, 0) is 13.4 Å². The zero-order valence-corrected chi connectivity index (χ0v) is 12.1. The van der Waals surface area contributed by atoms with Crippen LogP contribution in [0.2, 0.25) is 5.02 Å². The van der Waals surface area contributed by atoms with E-state index in [2.05, 4.69) is 5.10 Å². The average molecular weight is 251 g/mol. The van der Waals surface area contributed by atoms with Gasteiger partial charge in [-0.05, 0) is 13.2 Å². The first kappa shape index (κ1) is 15.0. The van der Waals surface area contributed by atoms with E-state index >= 15 is 0 Å². The Hall–Kier alpha value is 0.991. The zero-order valence-electron chi connectivity index (χ0n) is 8.19. The first-order valence-electron chi connectivity index (χ1n) is 3.70. The standard InChI is InChI=1S/C6H8BClF3N2.K/c1-4-6(8)5(13(2)12-4)3-7(9,10)11;/h3H2,1-2H3;/q-1;+1. The van der Waals surface area contributed by atoms with Crippen molar-refractivity contribution in [2.75, 3.05) is 0 Å². The maximum Gasteiger partial charge on any atom is 1.00 e. The number of halogens is 4. The van der Waals surface area contributed by atoms with Crippen molar-refractivity contribution >= 4 is 18.6 Å². The third-order valence-corrected chi connectivity index (χ3v) is 2.18. The summed E-state index contributed by atoms with van der Waals surface area (Å²) in [5.74, 6) is 0. The monoisotopic (exact) mass is 250 g/mol. The van der Waals surface area contributed by atoms with Gasteiger partial charge in [0.15, 0.2) is 0 Å². The molecule has 14 heavy (non-hydrogen) atoms. The molecule has 1 aromatic rings. The molecule has 0 fully saturated rings. The molecule has 0 unspecified atom stereocenters. The molecule has 0 N–H and O–H groups in total. The first-order chi connectivity index (χ1) is 5.81. The SMILES string of the molecule is Cc1nn(C)c(C[B-](F)(F)F)c1Cl.[K+]. The number of aryl methyl sites for hydroxylation is 2. The van der Waals surface area contributed by atoms with E-state index in [9.17, 15) is 12.9 Å². The van der Waals surface area contributed by atoms with Crippen LogP contribution < -0.4 is 51.4 Å². The van der Waals surface area contributed by atoms with Crippen LogP contribution in [0.15, 0.2) is 0 Å². The molecule has 0 bridgehead atoms. The second kappa shape index (κ2) is 5.36. The molecule has 1 heterocycles. The first-order valence-corrected chi connectivity index (χ1v) is 4.08. The quantitative estimate of drug-likeness (QED) is 0.636. The predicted molar refractivity (Wildman–Crippen MR) is 45.7 cm³/mol. The molecule has 0 saturated carbocycles. The number of nitrogens with zero attached hydrogens (tertiary/aromatic N) is 2. The second-order valence-corrected chi connectivity index (χ2v) is 3.26. The molecule has 0 radical (unpaired) electrons. The fourth-order valence-corrected chi connectivity index (χ4v) is 1.36. The Morgan fingerprint density at radius 1 is 1.43 bits per heavy atom. The summed E-state index contributed by atoms with van der Waals surface area (Å²) in [6, 6.07) is 0. The largest absolute Gasteiger partial charge is 1.00 e. The Kier molecular flexibility index (Phi) is 5.74. The molecular formula is C6H8BClF3KN2. The van der Waals surface area contributed by atoms with E-state index in [0.29, 0.717) is 5.69 Å². The summed E-state index contributed by atoms with van der Waals surface area (Å²) in [6.07, 6.45) is -0.976. The zero-order chi connectivity index (χ0) is 10.2. The van der Waals surface area contributed by atoms with Crippen LogP contribution in [0.1, 0.15) is 11.4 Å². The predicted octanol–water partition coefficient (Wildman–Crippen LogP) is -0.685. The third kappa shape index (κ3) is 3.86. The Balaban J connectivity index is 0.00000169. The van der Waals surface area contributed by atoms with Crippen molar-refractivity contribution in [1.82, 2.24) is 9.78 Å². The van der Waals surface area contributed by atoms with E-state index in [1.54, 1.807) is 6.92 Å². The fraction of sp³-hybridized carbons (Fsp3) is 0.500. The summed E-state index contributed by atoms with van der Waals surface area (Å²) in [5, 5.41) is 3.90. The maximum atomic E-state index is 12.1. The van der Waals surface area contributed by atoms with Crippen LogP contribution >= 0.6 is 11.6 Å². The third-order valence-electron chi connectivity index (χ3n) is 1.69. The molecule has 1 rings (SSSR count). The van der Waals surface area contributed by atoms with Gasteiger partial charge in [0.25, 0.3) is 0 Å². The van der Waals surface area contributed by atoms with Gasteiger partial charge in [0.2, 0.25) is 0 Å². The van der Waals surface area contributed by atoms with Gasteiger partial charge in [0.05, 0.1) is 10.7 Å². The molecule has 0 aliphatic heterocycles. The van der Waals surface area contributed by atoms with Crippen LogP contribution in [0.5, 0.6) is 0 Å². The van der Waals surface area contributed by atoms with Crippen molar-refractivity contribution in [2.45, 2.75) is 13.2 Å². The van der Waals surface area contributed by atoms with Crippen LogP contribution in [0.25, 0.3) is 0 Å². The fourth-order valence-electron chi connectivity index (χ4n) is 1.12. The number of hydrogen-bond acceptors (Lipinski definition) is 1. The Bertz CT molecular complexity index is 326. The molecule has 8 heteroatoms. The van der Waals surface area contributed by atoms with Gasteiger partial charge in [-0.1, -0.05) is 11.6 Å². The molecule has 74 valence electrons. The molecule has 0 amide bonds. The molecule has 0 saturated heterocycles. The number of aromatic nitrogens is 2. The van der Waals surface area contributed by atoms with Crippen molar-refractivity contribution in [1.29, 1.82) is 0 Å². The summed E-state index contributed by atoms with van der Waals surface area (Å²) >= 11 is 5.65. The van der Waals surface area contributed by atoms with Crippen molar-refractivity contribution in [3.05, 3.63) is 16.4 Å². The molecule has 0 aromatic carbocycles. The topological polar surface area (TPSA) is 17.8 Å². The smallest absolute Gasteiger partial charge is 0.449 e. The van der Waals surface area contributed by atoms with E-state index in [0.717, 1.165) is 0 Å². The summed E-state index contributed by atoms with van der Waals surface area (Å²) in [4.78, 5) is 0. The molecular weight excluding hydrogens is 242 g/mol. The molecule has 1 aromatic heterocycles. The molecule has 2 nitrogen and oxygen atoms in total. The van der Waals surface area contributed by atoms with Crippen molar-refractivity contribution in [3.63, 3.8) is 0 Å². The van der Waals surface area contributed by atoms with Gasteiger partial charge in [-0.15, -0.1) is 0 Å². The van der Waals surface area contributed by atoms with Gasteiger partial charge < -0.3 is 12.9 Å². The van der Waals surface area contributed by atoms with E-state index in [-0.39, 0.29) is 62.1 Å². The van der Waals surface area contributed by atoms with E-state index in [4.69, 9.17) is 11.6 Å². The average Bonchev–Trinajstić information content (AvgIpc) is 2.14. The molecule has 0 aliphatic carbocycles. The number of rotatable bonds is 2.